The van der Waals surface area contributed by atoms with E-state index in [-0.39, 0.29) is 5.75 Å². The van der Waals surface area contributed by atoms with Gasteiger partial charge in [-0.1, -0.05) is 6.07 Å². The van der Waals surface area contributed by atoms with Crippen molar-refractivity contribution in [2.45, 2.75) is 0 Å². The highest BCUT2D eigenvalue weighted by atomic mass is 19.2. The molecule has 0 atom stereocenters. The summed E-state index contributed by atoms with van der Waals surface area (Å²) in [5, 5.41) is 0. The molecule has 18 heavy (non-hydrogen) atoms. The van der Waals surface area contributed by atoms with Crippen LogP contribution in [0.2, 0.25) is 0 Å². The molecule has 2 rings (SSSR count). The van der Waals surface area contributed by atoms with E-state index in [9.17, 15) is 13.2 Å². The van der Waals surface area contributed by atoms with Gasteiger partial charge in [0.15, 0.2) is 11.6 Å². The number of pyridine rings is 1. The van der Waals surface area contributed by atoms with Gasteiger partial charge in [-0.3, -0.25) is 0 Å². The molecule has 0 spiro atoms. The van der Waals surface area contributed by atoms with Crippen molar-refractivity contribution in [1.29, 1.82) is 0 Å². The van der Waals surface area contributed by atoms with E-state index in [0.29, 0.717) is 11.8 Å². The van der Waals surface area contributed by atoms with Crippen molar-refractivity contribution in [3.63, 3.8) is 0 Å². The highest BCUT2D eigenvalue weighted by Crippen LogP contribution is 2.26. The van der Waals surface area contributed by atoms with Crippen LogP contribution in [0.5, 0.6) is 17.4 Å². The molecule has 0 unspecified atom stereocenters. The van der Waals surface area contributed by atoms with Crippen LogP contribution in [0.15, 0.2) is 30.3 Å². The zero-order valence-electron chi connectivity index (χ0n) is 9.28. The topological polar surface area (TPSA) is 31.4 Å². The van der Waals surface area contributed by atoms with Crippen molar-refractivity contribution in [2.24, 2.45) is 0 Å². The van der Waals surface area contributed by atoms with Crippen LogP contribution in [-0.4, -0.2) is 12.1 Å². The highest BCUT2D eigenvalue weighted by molar-refractivity contribution is 5.35. The lowest BCUT2D eigenvalue weighted by atomic mass is 10.3. The normalized spacial score (nSPS) is 10.2. The molecular weight excluding hydrogens is 247 g/mol. The van der Waals surface area contributed by atoms with E-state index in [1.54, 1.807) is 12.1 Å². The number of ether oxygens (including phenoxy) is 2. The monoisotopic (exact) mass is 255 g/mol. The predicted octanol–water partition coefficient (Wildman–Crippen LogP) is 3.30. The molecule has 0 N–H and O–H groups in total. The SMILES string of the molecule is COc1cccc(Oc2nc(F)c(F)cc2F)c1. The molecule has 1 aromatic carbocycles. The van der Waals surface area contributed by atoms with Gasteiger partial charge in [0.05, 0.1) is 7.11 Å². The first-order chi connectivity index (χ1) is 8.60. The Morgan fingerprint density at radius 3 is 2.44 bits per heavy atom. The quantitative estimate of drug-likeness (QED) is 0.788. The molecule has 0 amide bonds. The largest absolute Gasteiger partial charge is 0.497 e. The van der Waals surface area contributed by atoms with E-state index in [1.165, 1.54) is 19.2 Å². The summed E-state index contributed by atoms with van der Waals surface area (Å²) in [6, 6.07) is 6.60. The number of hydrogen-bond donors (Lipinski definition) is 0. The lowest BCUT2D eigenvalue weighted by molar-refractivity contribution is 0.381. The second-order valence-electron chi connectivity index (χ2n) is 3.33. The number of halogens is 3. The van der Waals surface area contributed by atoms with Gasteiger partial charge in [0, 0.05) is 12.1 Å². The van der Waals surface area contributed by atoms with E-state index in [0.717, 1.165) is 0 Å². The van der Waals surface area contributed by atoms with E-state index in [2.05, 4.69) is 4.98 Å². The molecule has 0 radical (unpaired) electrons. The Balaban J connectivity index is 2.30. The average molecular weight is 255 g/mol. The Morgan fingerprint density at radius 2 is 1.72 bits per heavy atom. The second-order valence-corrected chi connectivity index (χ2v) is 3.33. The third-order valence-corrected chi connectivity index (χ3v) is 2.11. The standard InChI is InChI=1S/C12H8F3NO2/c1-17-7-3-2-4-8(5-7)18-12-10(14)6-9(13)11(15)16-12/h2-6H,1H3. The van der Waals surface area contributed by atoms with Crippen LogP contribution in [0.3, 0.4) is 0 Å². The number of hydrogen-bond acceptors (Lipinski definition) is 3. The van der Waals surface area contributed by atoms with Gasteiger partial charge in [0.2, 0.25) is 0 Å². The summed E-state index contributed by atoms with van der Waals surface area (Å²) in [6.45, 7) is 0. The van der Waals surface area contributed by atoms with Crippen molar-refractivity contribution in [1.82, 2.24) is 4.98 Å². The molecule has 0 aliphatic heterocycles. The van der Waals surface area contributed by atoms with Crippen molar-refractivity contribution in [3.8, 4) is 17.4 Å². The Kier molecular flexibility index (Phi) is 3.36. The van der Waals surface area contributed by atoms with Gasteiger partial charge < -0.3 is 9.47 Å². The molecule has 1 heterocycles. The molecule has 6 heteroatoms. The van der Waals surface area contributed by atoms with Crippen molar-refractivity contribution in [3.05, 3.63) is 47.9 Å². The van der Waals surface area contributed by atoms with Crippen LogP contribution >= 0.6 is 0 Å². The number of rotatable bonds is 3. The molecule has 94 valence electrons. The van der Waals surface area contributed by atoms with Gasteiger partial charge in [-0.05, 0) is 12.1 Å². The smallest absolute Gasteiger partial charge is 0.258 e. The fourth-order valence-electron chi connectivity index (χ4n) is 1.28. The minimum atomic E-state index is -1.42. The van der Waals surface area contributed by atoms with Crippen LogP contribution < -0.4 is 9.47 Å². The maximum atomic E-state index is 13.3. The van der Waals surface area contributed by atoms with Crippen LogP contribution in [0.1, 0.15) is 0 Å². The van der Waals surface area contributed by atoms with Crippen LogP contribution in [0.25, 0.3) is 0 Å². The van der Waals surface area contributed by atoms with E-state index >= 15 is 0 Å². The summed E-state index contributed by atoms with van der Waals surface area (Å²) in [7, 11) is 1.45. The summed E-state index contributed by atoms with van der Waals surface area (Å²) in [5.41, 5.74) is 0. The van der Waals surface area contributed by atoms with Crippen molar-refractivity contribution in [2.75, 3.05) is 7.11 Å². The molecule has 2 aromatic rings. The van der Waals surface area contributed by atoms with E-state index < -0.39 is 23.5 Å². The Morgan fingerprint density at radius 1 is 1.00 bits per heavy atom. The molecule has 1 aromatic heterocycles. The summed E-state index contributed by atoms with van der Waals surface area (Å²) in [6.07, 6.45) is 0. The number of nitrogens with zero attached hydrogens (tertiary/aromatic N) is 1. The molecule has 3 nitrogen and oxygen atoms in total. The summed E-state index contributed by atoms with van der Waals surface area (Å²) in [5.74, 6) is -3.83. The maximum Gasteiger partial charge on any atom is 0.258 e. The van der Waals surface area contributed by atoms with Gasteiger partial charge in [-0.15, -0.1) is 0 Å². The third-order valence-electron chi connectivity index (χ3n) is 2.11. The molecule has 0 saturated carbocycles. The first-order valence-corrected chi connectivity index (χ1v) is 4.93. The van der Waals surface area contributed by atoms with Gasteiger partial charge >= 0.3 is 0 Å². The zero-order valence-corrected chi connectivity index (χ0v) is 9.28. The van der Waals surface area contributed by atoms with Crippen LogP contribution in [-0.2, 0) is 0 Å². The number of benzene rings is 1. The molecule has 0 bridgehead atoms. The second kappa shape index (κ2) is 4.95. The lowest BCUT2D eigenvalue weighted by Gasteiger charge is -2.07. The highest BCUT2D eigenvalue weighted by Gasteiger charge is 2.13. The number of aromatic nitrogens is 1. The van der Waals surface area contributed by atoms with E-state index in [1.807, 2.05) is 0 Å². The summed E-state index contributed by atoms with van der Waals surface area (Å²) < 4.78 is 48.7. The summed E-state index contributed by atoms with van der Waals surface area (Å²) in [4.78, 5) is 3.04. The van der Waals surface area contributed by atoms with Gasteiger partial charge in [0.25, 0.3) is 11.8 Å². The Hall–Kier alpha value is -2.24. The molecular formula is C12H8F3NO2. The average Bonchev–Trinajstić information content (AvgIpc) is 2.36. The summed E-state index contributed by atoms with van der Waals surface area (Å²) >= 11 is 0. The van der Waals surface area contributed by atoms with Gasteiger partial charge in [0.1, 0.15) is 11.5 Å². The van der Waals surface area contributed by atoms with E-state index in [4.69, 9.17) is 9.47 Å². The fourth-order valence-corrected chi connectivity index (χ4v) is 1.28. The predicted molar refractivity (Wildman–Crippen MR) is 57.2 cm³/mol. The Labute approximate surface area is 101 Å². The minimum Gasteiger partial charge on any atom is -0.497 e. The first-order valence-electron chi connectivity index (χ1n) is 4.93. The van der Waals surface area contributed by atoms with Gasteiger partial charge in [-0.2, -0.15) is 9.37 Å². The fraction of sp³-hybridized carbons (Fsp3) is 0.0833. The molecule has 0 aliphatic rings. The third kappa shape index (κ3) is 2.53. The first kappa shape index (κ1) is 12.2. The lowest BCUT2D eigenvalue weighted by Crippen LogP contribution is -1.98. The van der Waals surface area contributed by atoms with Crippen LogP contribution in [0.4, 0.5) is 13.2 Å². The van der Waals surface area contributed by atoms with Crippen LogP contribution in [0, 0.1) is 17.6 Å². The molecule has 0 fully saturated rings. The number of methoxy groups -OCH3 is 1. The zero-order chi connectivity index (χ0) is 13.1. The molecule has 0 saturated heterocycles. The maximum absolute atomic E-state index is 13.3. The van der Waals surface area contributed by atoms with Gasteiger partial charge in [-0.25, -0.2) is 8.78 Å². The minimum absolute atomic E-state index is 0.201. The Bertz CT molecular complexity index is 575. The molecule has 0 aliphatic carbocycles. The van der Waals surface area contributed by atoms with Crippen molar-refractivity contribution < 1.29 is 22.6 Å². The van der Waals surface area contributed by atoms with Crippen molar-refractivity contribution >= 4 is 0 Å².